The first-order valence-electron chi connectivity index (χ1n) is 6.34. The molecular weight excluding hydrogens is 244 g/mol. The maximum Gasteiger partial charge on any atom is 0.257 e. The lowest BCUT2D eigenvalue weighted by atomic mass is 10.1. The molecule has 0 unspecified atom stereocenters. The van der Waals surface area contributed by atoms with Gasteiger partial charge in [-0.25, -0.2) is 0 Å². The third kappa shape index (κ3) is 3.29. The van der Waals surface area contributed by atoms with Gasteiger partial charge < -0.3 is 5.32 Å². The number of hydrogen-bond acceptors (Lipinski definition) is 2. The van der Waals surface area contributed by atoms with Gasteiger partial charge in [-0.15, -0.1) is 0 Å². The Morgan fingerprint density at radius 3 is 2.61 bits per heavy atom. The van der Waals surface area contributed by atoms with E-state index in [2.05, 4.69) is 10.6 Å². The first-order chi connectivity index (χ1) is 8.66. The molecule has 0 aliphatic heterocycles. The fraction of sp³-hybridized carbons (Fsp3) is 0.429. The Kier molecular flexibility index (Phi) is 4.31. The van der Waals surface area contributed by atoms with E-state index in [1.165, 1.54) is 12.8 Å². The molecule has 0 saturated heterocycles. The molecule has 1 amide bonds. The number of thiocarbonyl (C=S) groups is 1. The molecule has 0 aromatic heterocycles. The molecule has 96 valence electrons. The van der Waals surface area contributed by atoms with Gasteiger partial charge in [0.2, 0.25) is 0 Å². The van der Waals surface area contributed by atoms with Gasteiger partial charge in [-0.2, -0.15) is 0 Å². The van der Waals surface area contributed by atoms with Gasteiger partial charge in [0.05, 0.1) is 0 Å². The Hall–Kier alpha value is -1.42. The number of carbonyl (C=O) groups is 1. The second kappa shape index (κ2) is 5.96. The van der Waals surface area contributed by atoms with E-state index in [9.17, 15) is 4.79 Å². The van der Waals surface area contributed by atoms with Crippen LogP contribution in [0.3, 0.4) is 0 Å². The van der Waals surface area contributed by atoms with E-state index in [4.69, 9.17) is 12.2 Å². The number of rotatable bonds is 2. The van der Waals surface area contributed by atoms with Crippen molar-refractivity contribution in [2.24, 2.45) is 0 Å². The Morgan fingerprint density at radius 1 is 1.28 bits per heavy atom. The van der Waals surface area contributed by atoms with Gasteiger partial charge in [-0.1, -0.05) is 31.0 Å². The predicted molar refractivity (Wildman–Crippen MR) is 76.6 cm³/mol. The van der Waals surface area contributed by atoms with E-state index in [1.54, 1.807) is 0 Å². The van der Waals surface area contributed by atoms with Crippen molar-refractivity contribution in [1.29, 1.82) is 0 Å². The van der Waals surface area contributed by atoms with Crippen molar-refractivity contribution in [2.45, 2.75) is 38.6 Å². The molecule has 1 aromatic carbocycles. The largest absolute Gasteiger partial charge is 0.360 e. The maximum atomic E-state index is 12.0. The Bertz CT molecular complexity index is 453. The molecular formula is C14H18N2OS. The van der Waals surface area contributed by atoms with Crippen LogP contribution in [0.15, 0.2) is 24.3 Å². The third-order valence-corrected chi connectivity index (χ3v) is 3.53. The second-order valence-electron chi connectivity index (χ2n) is 4.72. The highest BCUT2D eigenvalue weighted by Gasteiger charge is 2.17. The smallest absolute Gasteiger partial charge is 0.257 e. The average Bonchev–Trinajstić information content (AvgIpc) is 2.82. The molecule has 1 aromatic rings. The van der Waals surface area contributed by atoms with Crippen LogP contribution in [-0.4, -0.2) is 17.1 Å². The monoisotopic (exact) mass is 262 g/mol. The Morgan fingerprint density at radius 2 is 1.94 bits per heavy atom. The minimum absolute atomic E-state index is 0.136. The zero-order valence-electron chi connectivity index (χ0n) is 10.5. The normalized spacial score (nSPS) is 15.4. The second-order valence-corrected chi connectivity index (χ2v) is 5.13. The SMILES string of the molecule is Cc1ccccc1C(=O)NC(=S)NC1CCCC1. The molecule has 1 fully saturated rings. The summed E-state index contributed by atoms with van der Waals surface area (Å²) in [5, 5.41) is 6.38. The molecule has 4 heteroatoms. The zero-order chi connectivity index (χ0) is 13.0. The lowest BCUT2D eigenvalue weighted by molar-refractivity contribution is 0.0976. The molecule has 0 spiro atoms. The standard InChI is InChI=1S/C14H18N2OS/c1-10-6-2-5-9-12(10)13(17)16-14(18)15-11-7-3-4-8-11/h2,5-6,9,11H,3-4,7-8H2,1H3,(H2,15,16,17,18). The number of hydrogen-bond donors (Lipinski definition) is 2. The van der Waals surface area contributed by atoms with E-state index < -0.39 is 0 Å². The van der Waals surface area contributed by atoms with Gasteiger partial charge in [0.1, 0.15) is 0 Å². The zero-order valence-corrected chi connectivity index (χ0v) is 11.3. The van der Waals surface area contributed by atoms with Gasteiger partial charge in [0.25, 0.3) is 5.91 Å². The van der Waals surface area contributed by atoms with Crippen LogP contribution in [0.2, 0.25) is 0 Å². The molecule has 18 heavy (non-hydrogen) atoms. The van der Waals surface area contributed by atoms with Crippen LogP contribution in [0.25, 0.3) is 0 Å². The molecule has 0 heterocycles. The molecule has 2 rings (SSSR count). The summed E-state index contributed by atoms with van der Waals surface area (Å²) in [6.45, 7) is 1.92. The van der Waals surface area contributed by atoms with Crippen LogP contribution < -0.4 is 10.6 Å². The number of aryl methyl sites for hydroxylation is 1. The number of nitrogens with one attached hydrogen (secondary N) is 2. The van der Waals surface area contributed by atoms with Crippen LogP contribution in [0, 0.1) is 6.92 Å². The fourth-order valence-corrected chi connectivity index (χ4v) is 2.55. The summed E-state index contributed by atoms with van der Waals surface area (Å²) in [5.74, 6) is -0.136. The van der Waals surface area contributed by atoms with Crippen LogP contribution in [0.4, 0.5) is 0 Å². The van der Waals surface area contributed by atoms with Gasteiger partial charge in [-0.3, -0.25) is 10.1 Å². The predicted octanol–water partition coefficient (Wildman–Crippen LogP) is 2.54. The van der Waals surface area contributed by atoms with Crippen molar-refractivity contribution < 1.29 is 4.79 Å². The van der Waals surface area contributed by atoms with Crippen molar-refractivity contribution in [3.05, 3.63) is 35.4 Å². The quantitative estimate of drug-likeness (QED) is 0.805. The highest BCUT2D eigenvalue weighted by atomic mass is 32.1. The number of benzene rings is 1. The molecule has 3 nitrogen and oxygen atoms in total. The first kappa shape index (κ1) is 13.0. The van der Waals surface area contributed by atoms with E-state index in [1.807, 2.05) is 31.2 Å². The van der Waals surface area contributed by atoms with Crippen LogP contribution in [0.1, 0.15) is 41.6 Å². The summed E-state index contributed by atoms with van der Waals surface area (Å²) >= 11 is 5.17. The van der Waals surface area contributed by atoms with Gasteiger partial charge in [-0.05, 0) is 43.6 Å². The average molecular weight is 262 g/mol. The molecule has 1 aliphatic carbocycles. The highest BCUT2D eigenvalue weighted by Crippen LogP contribution is 2.17. The molecule has 1 aliphatic rings. The maximum absolute atomic E-state index is 12.0. The lowest BCUT2D eigenvalue weighted by Gasteiger charge is -2.15. The third-order valence-electron chi connectivity index (χ3n) is 3.31. The van der Waals surface area contributed by atoms with Crippen molar-refractivity contribution in [1.82, 2.24) is 10.6 Å². The van der Waals surface area contributed by atoms with E-state index >= 15 is 0 Å². The summed E-state index contributed by atoms with van der Waals surface area (Å²) in [6, 6.07) is 7.93. The minimum Gasteiger partial charge on any atom is -0.360 e. The first-order valence-corrected chi connectivity index (χ1v) is 6.75. The molecule has 2 N–H and O–H groups in total. The van der Waals surface area contributed by atoms with E-state index in [-0.39, 0.29) is 5.91 Å². The van der Waals surface area contributed by atoms with Crippen LogP contribution >= 0.6 is 12.2 Å². The fourth-order valence-electron chi connectivity index (χ4n) is 2.29. The van der Waals surface area contributed by atoms with Crippen molar-refractivity contribution in [3.63, 3.8) is 0 Å². The summed E-state index contributed by atoms with van der Waals surface area (Å²) in [6.07, 6.45) is 4.76. The van der Waals surface area contributed by atoms with Crippen molar-refractivity contribution >= 4 is 23.2 Å². The van der Waals surface area contributed by atoms with E-state index in [0.717, 1.165) is 18.4 Å². The van der Waals surface area contributed by atoms with Gasteiger partial charge in [0.15, 0.2) is 5.11 Å². The van der Waals surface area contributed by atoms with E-state index in [0.29, 0.717) is 16.7 Å². The van der Waals surface area contributed by atoms with Crippen LogP contribution in [-0.2, 0) is 0 Å². The van der Waals surface area contributed by atoms with Crippen LogP contribution in [0.5, 0.6) is 0 Å². The number of amides is 1. The van der Waals surface area contributed by atoms with Crippen molar-refractivity contribution in [2.75, 3.05) is 0 Å². The summed E-state index contributed by atoms with van der Waals surface area (Å²) < 4.78 is 0. The Balaban J connectivity index is 1.91. The van der Waals surface area contributed by atoms with Crippen molar-refractivity contribution in [3.8, 4) is 0 Å². The molecule has 0 radical (unpaired) electrons. The summed E-state index contributed by atoms with van der Waals surface area (Å²) in [5.41, 5.74) is 1.63. The highest BCUT2D eigenvalue weighted by molar-refractivity contribution is 7.80. The molecule has 0 atom stereocenters. The summed E-state index contributed by atoms with van der Waals surface area (Å²) in [7, 11) is 0. The van der Waals surface area contributed by atoms with Gasteiger partial charge >= 0.3 is 0 Å². The Labute approximate surface area is 113 Å². The minimum atomic E-state index is -0.136. The summed E-state index contributed by atoms with van der Waals surface area (Å²) in [4.78, 5) is 12.0. The molecule has 0 bridgehead atoms. The number of carbonyl (C=O) groups excluding carboxylic acids is 1. The molecule has 1 saturated carbocycles. The lowest BCUT2D eigenvalue weighted by Crippen LogP contribution is -2.43. The van der Waals surface area contributed by atoms with Gasteiger partial charge in [0, 0.05) is 11.6 Å². The topological polar surface area (TPSA) is 41.1 Å².